The first kappa shape index (κ1) is 19.7. The monoisotopic (exact) mass is 415 g/mol. The number of ether oxygens (including phenoxy) is 1. The number of carbonyl (C=O) groups is 2. The fraction of sp³-hybridized carbons (Fsp3) is 0.0476. The van der Waals surface area contributed by atoms with Crippen LogP contribution >= 0.6 is 23.2 Å². The highest BCUT2D eigenvalue weighted by Gasteiger charge is 2.18. The number of furan rings is 1. The Morgan fingerprint density at radius 3 is 2.43 bits per heavy atom. The van der Waals surface area contributed by atoms with E-state index in [0.29, 0.717) is 16.3 Å². The van der Waals surface area contributed by atoms with E-state index in [1.54, 1.807) is 60.7 Å². The van der Waals surface area contributed by atoms with Crippen molar-refractivity contribution in [3.8, 4) is 0 Å². The molecule has 7 heteroatoms. The minimum atomic E-state index is -0.716. The number of rotatable bonds is 6. The van der Waals surface area contributed by atoms with E-state index < -0.39 is 11.9 Å². The van der Waals surface area contributed by atoms with E-state index in [2.05, 4.69) is 5.32 Å². The molecular weight excluding hydrogens is 401 g/mol. The molecule has 0 spiro atoms. The van der Waals surface area contributed by atoms with Crippen LogP contribution in [0.5, 0.6) is 0 Å². The lowest BCUT2D eigenvalue weighted by Crippen LogP contribution is -2.28. The number of nitrogens with one attached hydrogen (secondary N) is 1. The molecule has 0 bridgehead atoms. The van der Waals surface area contributed by atoms with E-state index in [1.807, 2.05) is 0 Å². The first-order chi connectivity index (χ1) is 13.5. The normalized spacial score (nSPS) is 11.1. The van der Waals surface area contributed by atoms with Gasteiger partial charge in [0, 0.05) is 5.02 Å². The Bertz CT molecular complexity index is 996. The van der Waals surface area contributed by atoms with Crippen LogP contribution in [0.4, 0.5) is 0 Å². The van der Waals surface area contributed by atoms with Crippen molar-refractivity contribution in [2.75, 3.05) is 0 Å². The number of amides is 1. The van der Waals surface area contributed by atoms with Crippen molar-refractivity contribution in [3.05, 3.63) is 99.6 Å². The van der Waals surface area contributed by atoms with Gasteiger partial charge in [0.15, 0.2) is 0 Å². The van der Waals surface area contributed by atoms with Crippen molar-refractivity contribution in [2.24, 2.45) is 0 Å². The molecule has 0 saturated carbocycles. The average Bonchev–Trinajstić information content (AvgIpc) is 3.21. The molecule has 0 radical (unpaired) electrons. The van der Waals surface area contributed by atoms with Crippen molar-refractivity contribution in [1.29, 1.82) is 0 Å². The highest BCUT2D eigenvalue weighted by molar-refractivity contribution is 6.34. The Morgan fingerprint density at radius 2 is 1.75 bits per heavy atom. The maximum absolute atomic E-state index is 12.6. The van der Waals surface area contributed by atoms with Gasteiger partial charge in [0.25, 0.3) is 5.91 Å². The Labute approximate surface area is 171 Å². The molecule has 0 fully saturated rings. The number of hydrogen-bond donors (Lipinski definition) is 1. The van der Waals surface area contributed by atoms with E-state index >= 15 is 0 Å². The predicted molar refractivity (Wildman–Crippen MR) is 107 cm³/mol. The highest BCUT2D eigenvalue weighted by Crippen LogP contribution is 2.17. The van der Waals surface area contributed by atoms with Crippen molar-refractivity contribution >= 4 is 41.2 Å². The minimum absolute atomic E-state index is 0.0428. The first-order valence-electron chi connectivity index (χ1n) is 8.25. The summed E-state index contributed by atoms with van der Waals surface area (Å²) in [5, 5.41) is 3.39. The van der Waals surface area contributed by atoms with Crippen molar-refractivity contribution < 1.29 is 18.7 Å². The summed E-state index contributed by atoms with van der Waals surface area (Å²) < 4.78 is 10.4. The Kier molecular flexibility index (Phi) is 6.53. The van der Waals surface area contributed by atoms with Crippen LogP contribution in [-0.2, 0) is 16.1 Å². The fourth-order valence-corrected chi connectivity index (χ4v) is 2.66. The Hall–Kier alpha value is -3.02. The first-order valence-corrected chi connectivity index (χ1v) is 9.01. The van der Waals surface area contributed by atoms with E-state index in [4.69, 9.17) is 32.4 Å². The third-order valence-corrected chi connectivity index (χ3v) is 4.27. The van der Waals surface area contributed by atoms with Gasteiger partial charge < -0.3 is 14.5 Å². The SMILES string of the molecule is O=C(OCc1ccco1)/C(=C/c1ccc(Cl)cc1)NC(=O)c1ccccc1Cl. The number of benzene rings is 2. The molecule has 0 aliphatic carbocycles. The second-order valence-electron chi connectivity index (χ2n) is 5.70. The maximum atomic E-state index is 12.6. The second-order valence-corrected chi connectivity index (χ2v) is 6.54. The van der Waals surface area contributed by atoms with Crippen molar-refractivity contribution in [3.63, 3.8) is 0 Å². The van der Waals surface area contributed by atoms with Gasteiger partial charge in [-0.2, -0.15) is 0 Å². The zero-order chi connectivity index (χ0) is 19.9. The molecule has 0 unspecified atom stereocenters. The van der Waals surface area contributed by atoms with Gasteiger partial charge in [-0.25, -0.2) is 4.79 Å². The minimum Gasteiger partial charge on any atom is -0.466 e. The molecular formula is C21H15Cl2NO4. The summed E-state index contributed by atoms with van der Waals surface area (Å²) in [5.74, 6) is -0.760. The lowest BCUT2D eigenvalue weighted by Gasteiger charge is -2.11. The summed E-state index contributed by atoms with van der Waals surface area (Å²) in [6, 6.07) is 16.7. The molecule has 1 N–H and O–H groups in total. The van der Waals surface area contributed by atoms with E-state index in [1.165, 1.54) is 12.3 Å². The van der Waals surface area contributed by atoms with Crippen LogP contribution in [0.3, 0.4) is 0 Å². The van der Waals surface area contributed by atoms with Gasteiger partial charge in [-0.3, -0.25) is 4.79 Å². The zero-order valence-corrected chi connectivity index (χ0v) is 16.0. The van der Waals surface area contributed by atoms with Crippen LogP contribution in [0, 0.1) is 0 Å². The molecule has 3 aromatic rings. The second kappa shape index (κ2) is 9.26. The summed E-state index contributed by atoms with van der Waals surface area (Å²) in [6.45, 7) is -0.0637. The molecule has 1 heterocycles. The van der Waals surface area contributed by atoms with Gasteiger partial charge in [0.1, 0.15) is 18.1 Å². The number of carbonyl (C=O) groups excluding carboxylic acids is 2. The standard InChI is InChI=1S/C21H15Cl2NO4/c22-15-9-7-14(8-10-15)12-19(21(26)28-13-16-4-3-11-27-16)24-20(25)17-5-1-2-6-18(17)23/h1-12H,13H2,(H,24,25)/b19-12-. The van der Waals surface area contributed by atoms with E-state index in [-0.39, 0.29) is 22.9 Å². The molecule has 28 heavy (non-hydrogen) atoms. The number of hydrogen-bond acceptors (Lipinski definition) is 4. The lowest BCUT2D eigenvalue weighted by atomic mass is 10.1. The molecule has 1 amide bonds. The number of esters is 1. The summed E-state index contributed by atoms with van der Waals surface area (Å²) >= 11 is 12.0. The molecule has 0 aliphatic rings. The predicted octanol–water partition coefficient (Wildman–Crippen LogP) is 5.10. The Balaban J connectivity index is 1.83. The quantitative estimate of drug-likeness (QED) is 0.449. The van der Waals surface area contributed by atoms with Crippen LogP contribution < -0.4 is 5.32 Å². The maximum Gasteiger partial charge on any atom is 0.355 e. The van der Waals surface area contributed by atoms with Crippen LogP contribution in [0.25, 0.3) is 6.08 Å². The number of halogens is 2. The largest absolute Gasteiger partial charge is 0.466 e. The van der Waals surface area contributed by atoms with Gasteiger partial charge in [-0.05, 0) is 48.0 Å². The molecule has 0 aliphatic heterocycles. The molecule has 0 atom stereocenters. The third-order valence-electron chi connectivity index (χ3n) is 3.69. The van der Waals surface area contributed by atoms with Crippen LogP contribution in [-0.4, -0.2) is 11.9 Å². The lowest BCUT2D eigenvalue weighted by molar-refractivity contribution is -0.141. The van der Waals surface area contributed by atoms with Crippen molar-refractivity contribution in [2.45, 2.75) is 6.61 Å². The van der Waals surface area contributed by atoms with Gasteiger partial charge in [0.05, 0.1) is 16.8 Å². The molecule has 5 nitrogen and oxygen atoms in total. The molecule has 3 rings (SSSR count). The molecule has 1 aromatic heterocycles. The molecule has 142 valence electrons. The fourth-order valence-electron chi connectivity index (χ4n) is 2.32. The van der Waals surface area contributed by atoms with Crippen LogP contribution in [0.1, 0.15) is 21.7 Å². The third kappa shape index (κ3) is 5.25. The smallest absolute Gasteiger partial charge is 0.355 e. The summed E-state index contributed by atoms with van der Waals surface area (Å²) in [7, 11) is 0. The highest BCUT2D eigenvalue weighted by atomic mass is 35.5. The van der Waals surface area contributed by atoms with Gasteiger partial charge in [-0.1, -0.05) is 47.5 Å². The van der Waals surface area contributed by atoms with Gasteiger partial charge in [-0.15, -0.1) is 0 Å². The van der Waals surface area contributed by atoms with Crippen LogP contribution in [0.2, 0.25) is 10.0 Å². The molecule has 0 saturated heterocycles. The van der Waals surface area contributed by atoms with Gasteiger partial charge in [0.2, 0.25) is 0 Å². The van der Waals surface area contributed by atoms with Gasteiger partial charge >= 0.3 is 5.97 Å². The van der Waals surface area contributed by atoms with Crippen LogP contribution in [0.15, 0.2) is 77.0 Å². The molecule has 2 aromatic carbocycles. The Morgan fingerprint density at radius 1 is 1.00 bits per heavy atom. The topological polar surface area (TPSA) is 68.5 Å². The average molecular weight is 416 g/mol. The summed E-state index contributed by atoms with van der Waals surface area (Å²) in [4.78, 5) is 25.1. The van der Waals surface area contributed by atoms with E-state index in [9.17, 15) is 9.59 Å². The van der Waals surface area contributed by atoms with Crippen molar-refractivity contribution in [1.82, 2.24) is 5.32 Å². The summed E-state index contributed by atoms with van der Waals surface area (Å²) in [6.07, 6.45) is 2.97. The van der Waals surface area contributed by atoms with E-state index in [0.717, 1.165) is 0 Å². The zero-order valence-electron chi connectivity index (χ0n) is 14.5. The summed E-state index contributed by atoms with van der Waals surface area (Å²) in [5.41, 5.74) is 0.859.